The van der Waals surface area contributed by atoms with E-state index in [1.165, 1.54) is 28.6 Å². The fourth-order valence-electron chi connectivity index (χ4n) is 5.74. The molecule has 0 amide bonds. The Kier molecular flexibility index (Phi) is 8.72. The van der Waals surface area contributed by atoms with Crippen LogP contribution in [0.15, 0.2) is 66.9 Å². The number of rotatable bonds is 11. The first-order valence-corrected chi connectivity index (χ1v) is 14.4. The van der Waals surface area contributed by atoms with E-state index in [0.717, 1.165) is 87.5 Å². The Labute approximate surface area is 232 Å². The van der Waals surface area contributed by atoms with Crippen LogP contribution in [-0.2, 0) is 6.42 Å². The van der Waals surface area contributed by atoms with Gasteiger partial charge in [-0.25, -0.2) is 4.39 Å². The van der Waals surface area contributed by atoms with Crippen LogP contribution in [0.2, 0.25) is 0 Å². The third kappa shape index (κ3) is 6.39. The van der Waals surface area contributed by atoms with Crippen molar-refractivity contribution in [2.45, 2.75) is 40.0 Å². The van der Waals surface area contributed by atoms with Gasteiger partial charge >= 0.3 is 0 Å². The third-order valence-corrected chi connectivity index (χ3v) is 8.04. The monoisotopic (exact) mass is 528 g/mol. The van der Waals surface area contributed by atoms with Gasteiger partial charge in [-0.1, -0.05) is 12.1 Å². The molecule has 4 aromatic rings. The molecule has 5 nitrogen and oxygen atoms in total. The molecule has 2 heterocycles. The van der Waals surface area contributed by atoms with Crippen LogP contribution >= 0.6 is 0 Å². The van der Waals surface area contributed by atoms with Crippen molar-refractivity contribution in [3.8, 4) is 11.5 Å². The Morgan fingerprint density at radius 1 is 0.923 bits per heavy atom. The molecule has 0 spiro atoms. The van der Waals surface area contributed by atoms with Crippen molar-refractivity contribution < 1.29 is 9.13 Å². The van der Waals surface area contributed by atoms with Gasteiger partial charge in [0, 0.05) is 79.4 Å². The molecule has 1 saturated heterocycles. The highest BCUT2D eigenvalue weighted by Gasteiger charge is 2.20. The number of nitrogens with one attached hydrogen (secondary N) is 1. The molecule has 0 saturated carbocycles. The van der Waals surface area contributed by atoms with E-state index in [1.54, 1.807) is 6.07 Å². The second-order valence-corrected chi connectivity index (χ2v) is 10.5. The minimum Gasteiger partial charge on any atom is -0.457 e. The molecule has 0 bridgehead atoms. The minimum atomic E-state index is -0.168. The number of aryl methyl sites for hydroxylation is 1. The number of piperazine rings is 1. The van der Waals surface area contributed by atoms with Gasteiger partial charge in [-0.3, -0.25) is 4.90 Å². The molecule has 0 aliphatic carbocycles. The second-order valence-electron chi connectivity index (χ2n) is 10.5. The third-order valence-electron chi connectivity index (χ3n) is 8.04. The van der Waals surface area contributed by atoms with Crippen molar-refractivity contribution in [1.82, 2.24) is 9.88 Å². The molecular weight excluding hydrogens is 487 g/mol. The van der Waals surface area contributed by atoms with Crippen molar-refractivity contribution in [3.05, 3.63) is 83.8 Å². The zero-order chi connectivity index (χ0) is 27.2. The molecule has 39 heavy (non-hydrogen) atoms. The van der Waals surface area contributed by atoms with Crippen LogP contribution in [-0.4, -0.2) is 55.7 Å². The first-order valence-electron chi connectivity index (χ1n) is 14.4. The zero-order valence-corrected chi connectivity index (χ0v) is 23.5. The molecule has 3 aromatic carbocycles. The van der Waals surface area contributed by atoms with Gasteiger partial charge in [-0.15, -0.1) is 0 Å². The highest BCUT2D eigenvalue weighted by molar-refractivity contribution is 5.83. The van der Waals surface area contributed by atoms with Crippen LogP contribution in [0.4, 0.5) is 15.8 Å². The highest BCUT2D eigenvalue weighted by atomic mass is 19.1. The minimum absolute atomic E-state index is 0.168. The largest absolute Gasteiger partial charge is 0.457 e. The predicted molar refractivity (Wildman–Crippen MR) is 161 cm³/mol. The fourth-order valence-corrected chi connectivity index (χ4v) is 5.74. The quantitative estimate of drug-likeness (QED) is 0.206. The maximum atomic E-state index is 13.7. The number of fused-ring (bicyclic) bond motifs is 1. The number of ether oxygens (including phenoxy) is 1. The Morgan fingerprint density at radius 3 is 2.51 bits per heavy atom. The standard InChI is InChI=1S/C33H41FN4O/c1-4-37(5-2)28-11-8-12-29(23-28)39-33-14-9-13-32(25(33)3)38-20-18-36(19-21-38)17-7-6-10-26-24-35-31-16-15-27(34)22-30(26)31/h8-9,11-16,22-24,35H,4-7,10,17-21H2,1-3H3. The van der Waals surface area contributed by atoms with Gasteiger partial charge in [0.2, 0.25) is 0 Å². The highest BCUT2D eigenvalue weighted by Crippen LogP contribution is 2.33. The number of aromatic nitrogens is 1. The molecule has 1 fully saturated rings. The van der Waals surface area contributed by atoms with E-state index in [2.05, 4.69) is 76.9 Å². The summed E-state index contributed by atoms with van der Waals surface area (Å²) >= 11 is 0. The first-order chi connectivity index (χ1) is 19.1. The lowest BCUT2D eigenvalue weighted by atomic mass is 10.1. The lowest BCUT2D eigenvalue weighted by Crippen LogP contribution is -2.46. The average Bonchev–Trinajstić information content (AvgIpc) is 3.35. The number of aromatic amines is 1. The van der Waals surface area contributed by atoms with Crippen molar-refractivity contribution in [2.75, 3.05) is 55.6 Å². The smallest absolute Gasteiger partial charge is 0.132 e. The molecule has 0 radical (unpaired) electrons. The summed E-state index contributed by atoms with van der Waals surface area (Å²) in [6, 6.07) is 19.8. The topological polar surface area (TPSA) is 34.7 Å². The molecule has 0 unspecified atom stereocenters. The number of H-pyrrole nitrogens is 1. The van der Waals surface area contributed by atoms with Crippen LogP contribution in [0.3, 0.4) is 0 Å². The summed E-state index contributed by atoms with van der Waals surface area (Å²) < 4.78 is 20.0. The normalized spacial score (nSPS) is 14.2. The van der Waals surface area contributed by atoms with Crippen LogP contribution < -0.4 is 14.5 Å². The number of unbranched alkanes of at least 4 members (excludes halogenated alkanes) is 1. The van der Waals surface area contributed by atoms with Crippen molar-refractivity contribution in [2.24, 2.45) is 0 Å². The van der Waals surface area contributed by atoms with Crippen LogP contribution in [0.1, 0.15) is 37.8 Å². The lowest BCUT2D eigenvalue weighted by Gasteiger charge is -2.37. The summed E-state index contributed by atoms with van der Waals surface area (Å²) in [6.45, 7) is 13.8. The van der Waals surface area contributed by atoms with E-state index >= 15 is 0 Å². The Morgan fingerprint density at radius 2 is 1.72 bits per heavy atom. The molecule has 5 rings (SSSR count). The van der Waals surface area contributed by atoms with E-state index in [4.69, 9.17) is 4.74 Å². The summed E-state index contributed by atoms with van der Waals surface area (Å²) in [6.07, 6.45) is 5.27. The number of hydrogen-bond acceptors (Lipinski definition) is 4. The van der Waals surface area contributed by atoms with Gasteiger partial charge in [0.05, 0.1) is 0 Å². The summed E-state index contributed by atoms with van der Waals surface area (Å²) in [5.74, 6) is 1.63. The number of benzene rings is 3. The molecule has 1 aliphatic rings. The van der Waals surface area contributed by atoms with E-state index in [-0.39, 0.29) is 5.82 Å². The van der Waals surface area contributed by atoms with Gasteiger partial charge in [0.1, 0.15) is 17.3 Å². The molecule has 6 heteroatoms. The van der Waals surface area contributed by atoms with E-state index in [0.29, 0.717) is 0 Å². The molecule has 1 N–H and O–H groups in total. The Bertz CT molecular complexity index is 1370. The van der Waals surface area contributed by atoms with Crippen molar-refractivity contribution in [1.29, 1.82) is 0 Å². The Balaban J connectivity index is 1.12. The second kappa shape index (κ2) is 12.6. The SMILES string of the molecule is CCN(CC)c1cccc(Oc2cccc(N3CCN(CCCCc4c[nH]c5ccc(F)cc45)CC3)c2C)c1. The molecule has 1 aromatic heterocycles. The number of halogens is 1. The molecule has 206 valence electrons. The molecule has 0 atom stereocenters. The fraction of sp³-hybridized carbons (Fsp3) is 0.394. The Hall–Kier alpha value is -3.51. The van der Waals surface area contributed by atoms with Gasteiger partial charge < -0.3 is 19.5 Å². The predicted octanol–water partition coefficient (Wildman–Crippen LogP) is 7.40. The van der Waals surface area contributed by atoms with Gasteiger partial charge in [-0.05, 0) is 94.6 Å². The van der Waals surface area contributed by atoms with Gasteiger partial charge in [0.25, 0.3) is 0 Å². The number of anilines is 2. The van der Waals surface area contributed by atoms with Crippen LogP contribution in [0.25, 0.3) is 10.9 Å². The summed E-state index contributed by atoms with van der Waals surface area (Å²) in [5.41, 5.74) is 5.87. The van der Waals surface area contributed by atoms with Gasteiger partial charge in [0.15, 0.2) is 0 Å². The first kappa shape index (κ1) is 27.1. The van der Waals surface area contributed by atoms with Crippen LogP contribution in [0.5, 0.6) is 11.5 Å². The van der Waals surface area contributed by atoms with E-state index in [1.807, 2.05) is 18.3 Å². The maximum absolute atomic E-state index is 13.7. The average molecular weight is 529 g/mol. The molecular formula is C33H41FN4O. The number of nitrogens with zero attached hydrogens (tertiary/aromatic N) is 3. The summed E-state index contributed by atoms with van der Waals surface area (Å²) in [4.78, 5) is 10.7. The maximum Gasteiger partial charge on any atom is 0.132 e. The van der Waals surface area contributed by atoms with E-state index in [9.17, 15) is 4.39 Å². The zero-order valence-electron chi connectivity index (χ0n) is 23.5. The van der Waals surface area contributed by atoms with Crippen LogP contribution in [0, 0.1) is 12.7 Å². The lowest BCUT2D eigenvalue weighted by molar-refractivity contribution is 0.253. The number of hydrogen-bond donors (Lipinski definition) is 1. The molecule has 1 aliphatic heterocycles. The van der Waals surface area contributed by atoms with Crippen molar-refractivity contribution >= 4 is 22.3 Å². The summed E-state index contributed by atoms with van der Waals surface area (Å²) in [7, 11) is 0. The summed E-state index contributed by atoms with van der Waals surface area (Å²) in [5, 5.41) is 1.02. The van der Waals surface area contributed by atoms with Crippen molar-refractivity contribution in [3.63, 3.8) is 0 Å². The van der Waals surface area contributed by atoms with E-state index < -0.39 is 0 Å². The van der Waals surface area contributed by atoms with Gasteiger partial charge in [-0.2, -0.15) is 0 Å².